The lowest BCUT2D eigenvalue weighted by Gasteiger charge is -2.32. The van der Waals surface area contributed by atoms with Gasteiger partial charge < -0.3 is 9.80 Å². The van der Waals surface area contributed by atoms with Gasteiger partial charge in [-0.2, -0.15) is 0 Å². The van der Waals surface area contributed by atoms with Crippen molar-refractivity contribution in [3.63, 3.8) is 0 Å². The van der Waals surface area contributed by atoms with Crippen LogP contribution in [0.2, 0.25) is 0 Å². The standard InChI is InChI=1S/C16H23N3O4S/c20-14-18-8-10-19(11-9-18)16(21)13-17-24(22,23)12-4-7-15-5-2-1-3-6-15/h1-3,5-6,14,17H,4,7-13H2. The average Bonchev–Trinajstić information content (AvgIpc) is 2.60. The SMILES string of the molecule is O=CN1CCN(C(=O)CNS(=O)(=O)CCCc2ccccc2)CC1. The zero-order valence-electron chi connectivity index (χ0n) is 13.6. The van der Waals surface area contributed by atoms with Gasteiger partial charge in [-0.05, 0) is 18.4 Å². The summed E-state index contributed by atoms with van der Waals surface area (Å²) in [6.45, 7) is 1.62. The van der Waals surface area contributed by atoms with Gasteiger partial charge in [-0.15, -0.1) is 0 Å². The van der Waals surface area contributed by atoms with E-state index in [-0.39, 0.29) is 18.2 Å². The Morgan fingerprint density at radius 3 is 2.42 bits per heavy atom. The van der Waals surface area contributed by atoms with Crippen LogP contribution in [-0.2, 0) is 26.0 Å². The van der Waals surface area contributed by atoms with Crippen molar-refractivity contribution < 1.29 is 18.0 Å². The molecule has 0 aromatic heterocycles. The zero-order valence-corrected chi connectivity index (χ0v) is 14.4. The zero-order chi connectivity index (χ0) is 17.4. The van der Waals surface area contributed by atoms with Gasteiger partial charge in [0.1, 0.15) is 0 Å². The van der Waals surface area contributed by atoms with Crippen LogP contribution >= 0.6 is 0 Å². The normalized spacial score (nSPS) is 15.3. The van der Waals surface area contributed by atoms with Crippen LogP contribution in [0.4, 0.5) is 0 Å². The summed E-state index contributed by atoms with van der Waals surface area (Å²) in [5, 5.41) is 0. The summed E-state index contributed by atoms with van der Waals surface area (Å²) in [5.41, 5.74) is 1.09. The lowest BCUT2D eigenvalue weighted by molar-refractivity contribution is -0.134. The van der Waals surface area contributed by atoms with Crippen LogP contribution in [0, 0.1) is 0 Å². The number of piperazine rings is 1. The highest BCUT2D eigenvalue weighted by Crippen LogP contribution is 2.04. The minimum Gasteiger partial charge on any atom is -0.342 e. The third-order valence-electron chi connectivity index (χ3n) is 3.98. The molecule has 2 amide bonds. The van der Waals surface area contributed by atoms with Gasteiger partial charge in [0.05, 0.1) is 12.3 Å². The van der Waals surface area contributed by atoms with Crippen LogP contribution < -0.4 is 4.72 Å². The molecule has 1 N–H and O–H groups in total. The Labute approximate surface area is 142 Å². The van der Waals surface area contributed by atoms with E-state index in [4.69, 9.17) is 0 Å². The van der Waals surface area contributed by atoms with Crippen molar-refractivity contribution >= 4 is 22.3 Å². The minimum absolute atomic E-state index is 0.00586. The molecule has 1 aliphatic heterocycles. The highest BCUT2D eigenvalue weighted by atomic mass is 32.2. The van der Waals surface area contributed by atoms with Crippen molar-refractivity contribution in [3.05, 3.63) is 35.9 Å². The predicted octanol–water partition coefficient (Wildman–Crippen LogP) is -0.161. The van der Waals surface area contributed by atoms with Crippen molar-refractivity contribution in [2.24, 2.45) is 0 Å². The van der Waals surface area contributed by atoms with E-state index < -0.39 is 10.0 Å². The number of benzene rings is 1. The van der Waals surface area contributed by atoms with Crippen LogP contribution in [0.5, 0.6) is 0 Å². The van der Waals surface area contributed by atoms with Gasteiger partial charge in [0.15, 0.2) is 0 Å². The van der Waals surface area contributed by atoms with E-state index in [1.54, 1.807) is 9.80 Å². The fraction of sp³-hybridized carbons (Fsp3) is 0.500. The first kappa shape index (κ1) is 18.4. The highest BCUT2D eigenvalue weighted by Gasteiger charge is 2.21. The van der Waals surface area contributed by atoms with E-state index in [9.17, 15) is 18.0 Å². The Hall–Kier alpha value is -1.93. The molecular weight excluding hydrogens is 330 g/mol. The molecule has 7 nitrogen and oxygen atoms in total. The Kier molecular flexibility index (Phi) is 6.74. The molecule has 1 aliphatic rings. The maximum atomic E-state index is 12.0. The highest BCUT2D eigenvalue weighted by molar-refractivity contribution is 7.89. The van der Waals surface area contributed by atoms with Crippen LogP contribution in [0.1, 0.15) is 12.0 Å². The molecular formula is C16H23N3O4S. The second-order valence-electron chi connectivity index (χ2n) is 5.75. The van der Waals surface area contributed by atoms with E-state index >= 15 is 0 Å². The summed E-state index contributed by atoms with van der Waals surface area (Å²) < 4.78 is 26.3. The van der Waals surface area contributed by atoms with Gasteiger partial charge in [-0.3, -0.25) is 9.59 Å². The number of rotatable bonds is 8. The predicted molar refractivity (Wildman–Crippen MR) is 90.8 cm³/mol. The first-order chi connectivity index (χ1) is 11.5. The summed E-state index contributed by atoms with van der Waals surface area (Å²) in [6, 6.07) is 9.68. The third kappa shape index (κ3) is 5.93. The van der Waals surface area contributed by atoms with Crippen molar-refractivity contribution in [2.45, 2.75) is 12.8 Å². The Morgan fingerprint density at radius 1 is 1.12 bits per heavy atom. The number of sulfonamides is 1. The van der Waals surface area contributed by atoms with Gasteiger partial charge in [0, 0.05) is 26.2 Å². The molecule has 0 bridgehead atoms. The monoisotopic (exact) mass is 353 g/mol. The minimum atomic E-state index is -3.46. The van der Waals surface area contributed by atoms with Gasteiger partial charge in [-0.25, -0.2) is 13.1 Å². The molecule has 0 atom stereocenters. The summed E-state index contributed by atoms with van der Waals surface area (Å²) in [7, 11) is -3.46. The number of aryl methyl sites for hydroxylation is 1. The molecule has 1 heterocycles. The average molecular weight is 353 g/mol. The lowest BCUT2D eigenvalue weighted by Crippen LogP contribution is -2.50. The summed E-state index contributed by atoms with van der Waals surface area (Å²) >= 11 is 0. The van der Waals surface area contributed by atoms with E-state index in [0.29, 0.717) is 39.0 Å². The number of hydrogen-bond acceptors (Lipinski definition) is 4. The van der Waals surface area contributed by atoms with Gasteiger partial charge in [0.2, 0.25) is 22.3 Å². The number of nitrogens with one attached hydrogen (secondary N) is 1. The van der Waals surface area contributed by atoms with Crippen LogP contribution in [0.25, 0.3) is 0 Å². The molecule has 0 radical (unpaired) electrons. The summed E-state index contributed by atoms with van der Waals surface area (Å²) in [5.74, 6) is -0.263. The second-order valence-corrected chi connectivity index (χ2v) is 7.68. The van der Waals surface area contributed by atoms with E-state index in [1.807, 2.05) is 30.3 Å². The summed E-state index contributed by atoms with van der Waals surface area (Å²) in [6.07, 6.45) is 1.95. The first-order valence-electron chi connectivity index (χ1n) is 7.98. The van der Waals surface area contributed by atoms with Gasteiger partial charge >= 0.3 is 0 Å². The van der Waals surface area contributed by atoms with Crippen molar-refractivity contribution in [3.8, 4) is 0 Å². The Balaban J connectivity index is 1.70. The number of hydrogen-bond donors (Lipinski definition) is 1. The number of nitrogens with zero attached hydrogens (tertiary/aromatic N) is 2. The Bertz CT molecular complexity index is 641. The molecule has 8 heteroatoms. The molecule has 1 fully saturated rings. The van der Waals surface area contributed by atoms with E-state index in [1.165, 1.54) is 0 Å². The smallest absolute Gasteiger partial charge is 0.237 e. The quantitative estimate of drug-likeness (QED) is 0.658. The molecule has 132 valence electrons. The van der Waals surface area contributed by atoms with Crippen LogP contribution in [0.15, 0.2) is 30.3 Å². The third-order valence-corrected chi connectivity index (χ3v) is 5.39. The van der Waals surface area contributed by atoms with Gasteiger partial charge in [0.25, 0.3) is 0 Å². The van der Waals surface area contributed by atoms with Crippen molar-refractivity contribution in [1.29, 1.82) is 0 Å². The molecule has 0 aliphatic carbocycles. The maximum Gasteiger partial charge on any atom is 0.237 e. The lowest BCUT2D eigenvalue weighted by atomic mass is 10.1. The van der Waals surface area contributed by atoms with Crippen molar-refractivity contribution in [1.82, 2.24) is 14.5 Å². The van der Waals surface area contributed by atoms with Crippen LogP contribution in [0.3, 0.4) is 0 Å². The van der Waals surface area contributed by atoms with E-state index in [2.05, 4.69) is 4.72 Å². The summed E-state index contributed by atoms with van der Waals surface area (Å²) in [4.78, 5) is 25.8. The van der Waals surface area contributed by atoms with Crippen molar-refractivity contribution in [2.75, 3.05) is 38.5 Å². The molecule has 0 saturated carbocycles. The molecule has 24 heavy (non-hydrogen) atoms. The molecule has 2 rings (SSSR count). The molecule has 0 spiro atoms. The molecule has 1 saturated heterocycles. The van der Waals surface area contributed by atoms with E-state index in [0.717, 1.165) is 12.0 Å². The fourth-order valence-electron chi connectivity index (χ4n) is 2.54. The largest absolute Gasteiger partial charge is 0.342 e. The second kappa shape index (κ2) is 8.79. The maximum absolute atomic E-state index is 12.0. The number of carbonyl (C=O) groups excluding carboxylic acids is 2. The fourth-order valence-corrected chi connectivity index (χ4v) is 3.56. The number of carbonyl (C=O) groups is 2. The Morgan fingerprint density at radius 2 is 1.79 bits per heavy atom. The molecule has 1 aromatic rings. The first-order valence-corrected chi connectivity index (χ1v) is 9.64. The van der Waals surface area contributed by atoms with Crippen LogP contribution in [-0.4, -0.2) is 69.0 Å². The molecule has 0 unspecified atom stereocenters. The number of amides is 2. The molecule has 1 aromatic carbocycles. The topological polar surface area (TPSA) is 86.8 Å². The van der Waals surface area contributed by atoms with Gasteiger partial charge in [-0.1, -0.05) is 30.3 Å².